The minimum atomic E-state index is -0.976. The molecule has 0 saturated heterocycles. The fourth-order valence-corrected chi connectivity index (χ4v) is 2.53. The third kappa shape index (κ3) is 3.56. The van der Waals surface area contributed by atoms with Crippen LogP contribution in [0.1, 0.15) is 18.1 Å². The van der Waals surface area contributed by atoms with Crippen LogP contribution in [0.2, 0.25) is 0 Å². The standard InChI is InChI=1S/C18H19NO4/c1-12(18(20)21)23-14-7-5-13(6-8-14)11-19-16-3-2-4-17-15(16)9-10-22-17/h2-8,12,19H,9-11H2,1H3,(H,20,21). The summed E-state index contributed by atoms with van der Waals surface area (Å²) in [6.07, 6.45) is 0.0733. The van der Waals surface area contributed by atoms with Crippen LogP contribution in [0.25, 0.3) is 0 Å². The first-order chi connectivity index (χ1) is 11.1. The Kier molecular flexibility index (Phi) is 4.37. The number of rotatable bonds is 6. The molecule has 2 N–H and O–H groups in total. The van der Waals surface area contributed by atoms with E-state index in [4.69, 9.17) is 14.6 Å². The molecular weight excluding hydrogens is 294 g/mol. The molecule has 1 unspecified atom stereocenters. The molecule has 0 bridgehead atoms. The van der Waals surface area contributed by atoms with Crippen LogP contribution < -0.4 is 14.8 Å². The van der Waals surface area contributed by atoms with Crippen LogP contribution in [0.4, 0.5) is 5.69 Å². The highest BCUT2D eigenvalue weighted by atomic mass is 16.5. The monoisotopic (exact) mass is 313 g/mol. The molecule has 2 aromatic rings. The summed E-state index contributed by atoms with van der Waals surface area (Å²) >= 11 is 0. The maximum Gasteiger partial charge on any atom is 0.344 e. The zero-order valence-corrected chi connectivity index (χ0v) is 12.9. The first-order valence-corrected chi connectivity index (χ1v) is 7.60. The van der Waals surface area contributed by atoms with Gasteiger partial charge in [-0.2, -0.15) is 0 Å². The van der Waals surface area contributed by atoms with Crippen LogP contribution in [0.15, 0.2) is 42.5 Å². The molecule has 3 rings (SSSR count). The lowest BCUT2D eigenvalue weighted by molar-refractivity contribution is -0.144. The number of hydrogen-bond acceptors (Lipinski definition) is 4. The smallest absolute Gasteiger partial charge is 0.344 e. The van der Waals surface area contributed by atoms with Gasteiger partial charge in [0.15, 0.2) is 6.10 Å². The highest BCUT2D eigenvalue weighted by Crippen LogP contribution is 2.31. The molecule has 120 valence electrons. The van der Waals surface area contributed by atoms with Gasteiger partial charge in [0.25, 0.3) is 0 Å². The Morgan fingerprint density at radius 2 is 2.09 bits per heavy atom. The zero-order valence-electron chi connectivity index (χ0n) is 12.9. The van der Waals surface area contributed by atoms with E-state index < -0.39 is 12.1 Å². The summed E-state index contributed by atoms with van der Waals surface area (Å²) in [5.41, 5.74) is 3.42. The predicted octanol–water partition coefficient (Wildman–Crippen LogP) is 3.09. The molecule has 0 amide bonds. The van der Waals surface area contributed by atoms with Crippen LogP contribution in [-0.4, -0.2) is 23.8 Å². The predicted molar refractivity (Wildman–Crippen MR) is 87.1 cm³/mol. The summed E-state index contributed by atoms with van der Waals surface area (Å²) in [6, 6.07) is 13.5. The molecule has 5 heteroatoms. The minimum Gasteiger partial charge on any atom is -0.493 e. The van der Waals surface area contributed by atoms with Gasteiger partial charge in [0.2, 0.25) is 0 Å². The molecule has 0 fully saturated rings. The van der Waals surface area contributed by atoms with E-state index in [2.05, 4.69) is 11.4 Å². The second-order valence-corrected chi connectivity index (χ2v) is 5.48. The molecule has 0 aromatic heterocycles. The number of nitrogens with one attached hydrogen (secondary N) is 1. The first-order valence-electron chi connectivity index (χ1n) is 7.60. The van der Waals surface area contributed by atoms with E-state index in [1.807, 2.05) is 24.3 Å². The number of hydrogen-bond donors (Lipinski definition) is 2. The van der Waals surface area contributed by atoms with Crippen molar-refractivity contribution in [2.75, 3.05) is 11.9 Å². The van der Waals surface area contributed by atoms with Gasteiger partial charge < -0.3 is 19.9 Å². The lowest BCUT2D eigenvalue weighted by Gasteiger charge is -2.12. The topological polar surface area (TPSA) is 67.8 Å². The van der Waals surface area contributed by atoms with Gasteiger partial charge in [-0.25, -0.2) is 4.79 Å². The quantitative estimate of drug-likeness (QED) is 0.858. The Bertz CT molecular complexity index is 697. The molecule has 0 radical (unpaired) electrons. The Hall–Kier alpha value is -2.69. The molecule has 1 aliphatic heterocycles. The number of aliphatic carboxylic acids is 1. The van der Waals surface area contributed by atoms with Crippen LogP contribution in [0.3, 0.4) is 0 Å². The molecule has 1 aliphatic rings. The summed E-state index contributed by atoms with van der Waals surface area (Å²) in [5.74, 6) is 0.537. The Morgan fingerprint density at radius 3 is 2.83 bits per heavy atom. The Labute approximate surface area is 134 Å². The van der Waals surface area contributed by atoms with Crippen molar-refractivity contribution in [2.45, 2.75) is 26.0 Å². The highest BCUT2D eigenvalue weighted by molar-refractivity contribution is 5.72. The summed E-state index contributed by atoms with van der Waals surface area (Å²) in [4.78, 5) is 10.8. The molecule has 0 aliphatic carbocycles. The maximum absolute atomic E-state index is 10.8. The molecule has 5 nitrogen and oxygen atoms in total. The fraction of sp³-hybridized carbons (Fsp3) is 0.278. The second-order valence-electron chi connectivity index (χ2n) is 5.48. The van der Waals surface area contributed by atoms with E-state index in [-0.39, 0.29) is 0 Å². The Morgan fingerprint density at radius 1 is 1.30 bits per heavy atom. The molecular formula is C18H19NO4. The van der Waals surface area contributed by atoms with Crippen LogP contribution >= 0.6 is 0 Å². The van der Waals surface area contributed by atoms with Crippen molar-refractivity contribution in [1.82, 2.24) is 0 Å². The summed E-state index contributed by atoms with van der Waals surface area (Å²) in [6.45, 7) is 2.93. The zero-order chi connectivity index (χ0) is 16.2. The third-order valence-electron chi connectivity index (χ3n) is 3.81. The normalized spacial score (nSPS) is 13.8. The van der Waals surface area contributed by atoms with E-state index in [0.29, 0.717) is 12.3 Å². The summed E-state index contributed by atoms with van der Waals surface area (Å²) in [7, 11) is 0. The van der Waals surface area contributed by atoms with Gasteiger partial charge in [0.05, 0.1) is 6.61 Å². The average Bonchev–Trinajstić information content (AvgIpc) is 3.03. The summed E-state index contributed by atoms with van der Waals surface area (Å²) in [5, 5.41) is 12.3. The SMILES string of the molecule is CC(Oc1ccc(CNc2cccc3c2CCO3)cc1)C(=O)O. The summed E-state index contributed by atoms with van der Waals surface area (Å²) < 4.78 is 10.9. The number of benzene rings is 2. The van der Waals surface area contributed by atoms with Crippen molar-refractivity contribution < 1.29 is 19.4 Å². The van der Waals surface area contributed by atoms with Crippen molar-refractivity contribution in [3.8, 4) is 11.5 Å². The van der Waals surface area contributed by atoms with Gasteiger partial charge in [0, 0.05) is 24.2 Å². The number of ether oxygens (including phenoxy) is 2. The van der Waals surface area contributed by atoms with E-state index in [1.54, 1.807) is 12.1 Å². The molecule has 1 atom stereocenters. The van der Waals surface area contributed by atoms with Crippen molar-refractivity contribution >= 4 is 11.7 Å². The van der Waals surface area contributed by atoms with E-state index in [9.17, 15) is 4.79 Å². The lowest BCUT2D eigenvalue weighted by atomic mass is 10.1. The van der Waals surface area contributed by atoms with Crippen molar-refractivity contribution in [3.63, 3.8) is 0 Å². The van der Waals surface area contributed by atoms with Crippen LogP contribution in [0.5, 0.6) is 11.5 Å². The number of anilines is 1. The maximum atomic E-state index is 10.8. The molecule has 0 saturated carbocycles. The van der Waals surface area contributed by atoms with E-state index in [1.165, 1.54) is 12.5 Å². The lowest BCUT2D eigenvalue weighted by Crippen LogP contribution is -2.22. The molecule has 1 heterocycles. The number of carbonyl (C=O) groups is 1. The number of carboxylic acid groups (broad SMARTS) is 1. The number of carboxylic acids is 1. The van der Waals surface area contributed by atoms with Gasteiger partial charge in [0.1, 0.15) is 11.5 Å². The molecule has 0 spiro atoms. The van der Waals surface area contributed by atoms with Gasteiger partial charge in [-0.15, -0.1) is 0 Å². The van der Waals surface area contributed by atoms with Crippen LogP contribution in [0, 0.1) is 0 Å². The van der Waals surface area contributed by atoms with E-state index in [0.717, 1.165) is 30.0 Å². The average molecular weight is 313 g/mol. The molecule has 23 heavy (non-hydrogen) atoms. The van der Waals surface area contributed by atoms with Gasteiger partial charge in [-0.05, 0) is 36.8 Å². The third-order valence-corrected chi connectivity index (χ3v) is 3.81. The van der Waals surface area contributed by atoms with Crippen molar-refractivity contribution in [1.29, 1.82) is 0 Å². The number of fused-ring (bicyclic) bond motifs is 1. The van der Waals surface area contributed by atoms with Crippen molar-refractivity contribution in [2.24, 2.45) is 0 Å². The second kappa shape index (κ2) is 6.60. The van der Waals surface area contributed by atoms with Gasteiger partial charge >= 0.3 is 5.97 Å². The molecule has 2 aromatic carbocycles. The Balaban J connectivity index is 1.61. The van der Waals surface area contributed by atoms with Gasteiger partial charge in [-0.3, -0.25) is 0 Å². The highest BCUT2D eigenvalue weighted by Gasteiger charge is 2.15. The fourth-order valence-electron chi connectivity index (χ4n) is 2.53. The largest absolute Gasteiger partial charge is 0.493 e. The van der Waals surface area contributed by atoms with E-state index >= 15 is 0 Å². The van der Waals surface area contributed by atoms with Gasteiger partial charge in [-0.1, -0.05) is 18.2 Å². The first kappa shape index (κ1) is 15.2. The van der Waals surface area contributed by atoms with Crippen LogP contribution in [-0.2, 0) is 17.8 Å². The minimum absolute atomic E-state index is 0.553. The van der Waals surface area contributed by atoms with Crippen molar-refractivity contribution in [3.05, 3.63) is 53.6 Å².